The first kappa shape index (κ1) is 10.3. The molecule has 2 nitrogen and oxygen atoms in total. The van der Waals surface area contributed by atoms with Crippen LogP contribution in [0.4, 0.5) is 4.39 Å². The summed E-state index contributed by atoms with van der Waals surface area (Å²) in [5.41, 5.74) is 2.24. The second-order valence-corrected chi connectivity index (χ2v) is 5.10. The average molecular weight is 283 g/mol. The predicted molar refractivity (Wildman–Crippen MR) is 65.9 cm³/mol. The summed E-state index contributed by atoms with van der Waals surface area (Å²) in [5.74, 6) is -0.167. The molecule has 0 unspecified atom stereocenters. The lowest BCUT2D eigenvalue weighted by Crippen LogP contribution is -2.30. The molecule has 3 rings (SSSR count). The highest BCUT2D eigenvalue weighted by Gasteiger charge is 2.20. The van der Waals surface area contributed by atoms with Gasteiger partial charge in [-0.1, -0.05) is 0 Å². The summed E-state index contributed by atoms with van der Waals surface area (Å²) in [5, 5.41) is 1.10. The van der Waals surface area contributed by atoms with Gasteiger partial charge in [-0.2, -0.15) is 0 Å². The second kappa shape index (κ2) is 3.57. The number of hydrogen-bond donors (Lipinski definition) is 0. The Morgan fingerprint density at radius 1 is 1.31 bits per heavy atom. The van der Waals surface area contributed by atoms with Crippen molar-refractivity contribution < 1.29 is 4.39 Å². The summed E-state index contributed by atoms with van der Waals surface area (Å²) in [4.78, 5) is 2.27. The van der Waals surface area contributed by atoms with Crippen molar-refractivity contribution in [1.29, 1.82) is 0 Å². The number of likely N-dealkylation sites (N-methyl/N-ethyl adjacent to an activating group) is 1. The first-order chi connectivity index (χ1) is 7.66. The van der Waals surface area contributed by atoms with Crippen LogP contribution in [0.5, 0.6) is 0 Å². The smallest absolute Gasteiger partial charge is 0.125 e. The molecule has 1 aliphatic heterocycles. The minimum absolute atomic E-state index is 0.167. The number of benzene rings is 1. The van der Waals surface area contributed by atoms with Crippen LogP contribution in [0.3, 0.4) is 0 Å². The van der Waals surface area contributed by atoms with E-state index in [-0.39, 0.29) is 5.82 Å². The van der Waals surface area contributed by atoms with Crippen LogP contribution in [0.15, 0.2) is 22.7 Å². The van der Waals surface area contributed by atoms with E-state index in [0.717, 1.165) is 35.0 Å². The van der Waals surface area contributed by atoms with E-state index in [2.05, 4.69) is 32.4 Å². The molecule has 0 fully saturated rings. The van der Waals surface area contributed by atoms with E-state index >= 15 is 0 Å². The minimum atomic E-state index is -0.167. The van der Waals surface area contributed by atoms with Gasteiger partial charge in [0.05, 0.1) is 5.52 Å². The standard InChI is InChI=1S/C12H12BrFN2/c1-15-4-5-16-10-6-8(14)2-3-9(10)12(13)11(16)7-15/h2-3,6H,4-5,7H2,1H3. The Morgan fingerprint density at radius 3 is 2.94 bits per heavy atom. The fourth-order valence-corrected chi connectivity index (χ4v) is 3.02. The molecule has 0 aliphatic carbocycles. The molecule has 1 aliphatic rings. The van der Waals surface area contributed by atoms with Gasteiger partial charge in [-0.3, -0.25) is 4.90 Å². The number of halogens is 2. The molecule has 0 saturated heterocycles. The van der Waals surface area contributed by atoms with Crippen molar-refractivity contribution in [3.63, 3.8) is 0 Å². The molecule has 16 heavy (non-hydrogen) atoms. The molecule has 1 aromatic carbocycles. The first-order valence-corrected chi connectivity index (χ1v) is 6.11. The van der Waals surface area contributed by atoms with Crippen molar-refractivity contribution >= 4 is 26.8 Å². The van der Waals surface area contributed by atoms with E-state index in [1.165, 1.54) is 11.8 Å². The van der Waals surface area contributed by atoms with Crippen molar-refractivity contribution in [3.05, 3.63) is 34.2 Å². The average Bonchev–Trinajstić information content (AvgIpc) is 2.52. The second-order valence-electron chi connectivity index (χ2n) is 4.31. The predicted octanol–water partition coefficient (Wildman–Crippen LogP) is 2.99. The Balaban J connectivity index is 2.32. The maximum absolute atomic E-state index is 13.3. The Bertz CT molecular complexity index is 562. The SMILES string of the molecule is CN1CCn2c(c(Br)c3ccc(F)cc32)C1. The molecule has 4 heteroatoms. The number of rotatable bonds is 0. The minimum Gasteiger partial charge on any atom is -0.341 e. The fourth-order valence-electron chi connectivity index (χ4n) is 2.35. The van der Waals surface area contributed by atoms with E-state index in [0.29, 0.717) is 0 Å². The summed E-state index contributed by atoms with van der Waals surface area (Å²) >= 11 is 3.62. The summed E-state index contributed by atoms with van der Waals surface area (Å²) in [6, 6.07) is 4.98. The lowest BCUT2D eigenvalue weighted by atomic mass is 10.2. The maximum Gasteiger partial charge on any atom is 0.125 e. The summed E-state index contributed by atoms with van der Waals surface area (Å²) in [7, 11) is 2.11. The highest BCUT2D eigenvalue weighted by Crippen LogP contribution is 2.33. The van der Waals surface area contributed by atoms with E-state index in [4.69, 9.17) is 0 Å². The molecule has 0 N–H and O–H groups in total. The largest absolute Gasteiger partial charge is 0.341 e. The lowest BCUT2D eigenvalue weighted by Gasteiger charge is -2.25. The zero-order chi connectivity index (χ0) is 11.3. The van der Waals surface area contributed by atoms with Gasteiger partial charge in [-0.15, -0.1) is 0 Å². The summed E-state index contributed by atoms with van der Waals surface area (Å²) in [6.45, 7) is 2.86. The molecule has 0 radical (unpaired) electrons. The third-order valence-corrected chi connectivity index (χ3v) is 4.08. The van der Waals surface area contributed by atoms with Crippen LogP contribution in [0.2, 0.25) is 0 Å². The molecule has 0 bridgehead atoms. The van der Waals surface area contributed by atoms with Crippen LogP contribution in [0, 0.1) is 5.82 Å². The van der Waals surface area contributed by atoms with Crippen molar-refractivity contribution in [3.8, 4) is 0 Å². The molecule has 0 atom stereocenters. The van der Waals surface area contributed by atoms with Gasteiger partial charge in [0.25, 0.3) is 0 Å². The summed E-state index contributed by atoms with van der Waals surface area (Å²) in [6.07, 6.45) is 0. The van der Waals surface area contributed by atoms with Crippen molar-refractivity contribution in [1.82, 2.24) is 9.47 Å². The fraction of sp³-hybridized carbons (Fsp3) is 0.333. The quantitative estimate of drug-likeness (QED) is 0.721. The van der Waals surface area contributed by atoms with Crippen LogP contribution < -0.4 is 0 Å². The van der Waals surface area contributed by atoms with Crippen LogP contribution in [-0.2, 0) is 13.1 Å². The third-order valence-electron chi connectivity index (χ3n) is 3.19. The van der Waals surface area contributed by atoms with Gasteiger partial charge in [0.1, 0.15) is 5.82 Å². The molecule has 84 valence electrons. The zero-order valence-electron chi connectivity index (χ0n) is 9.00. The van der Waals surface area contributed by atoms with Gasteiger partial charge in [-0.25, -0.2) is 4.39 Å². The number of fused-ring (bicyclic) bond motifs is 3. The molecule has 0 spiro atoms. The monoisotopic (exact) mass is 282 g/mol. The van der Waals surface area contributed by atoms with Crippen LogP contribution >= 0.6 is 15.9 Å². The van der Waals surface area contributed by atoms with E-state index < -0.39 is 0 Å². The van der Waals surface area contributed by atoms with Gasteiger partial charge in [0.15, 0.2) is 0 Å². The number of hydrogen-bond acceptors (Lipinski definition) is 1. The Morgan fingerprint density at radius 2 is 2.12 bits per heavy atom. The van der Waals surface area contributed by atoms with Crippen molar-refractivity contribution in [2.24, 2.45) is 0 Å². The van der Waals surface area contributed by atoms with Crippen molar-refractivity contribution in [2.75, 3.05) is 13.6 Å². The number of nitrogens with zero attached hydrogens (tertiary/aromatic N) is 2. The van der Waals surface area contributed by atoms with Gasteiger partial charge >= 0.3 is 0 Å². The topological polar surface area (TPSA) is 8.17 Å². The highest BCUT2D eigenvalue weighted by molar-refractivity contribution is 9.10. The molecule has 0 saturated carbocycles. The van der Waals surface area contributed by atoms with E-state index in [1.54, 1.807) is 6.07 Å². The van der Waals surface area contributed by atoms with E-state index in [1.807, 2.05) is 6.07 Å². The third kappa shape index (κ3) is 1.40. The number of aromatic nitrogens is 1. The first-order valence-electron chi connectivity index (χ1n) is 5.31. The Labute approximate surface area is 102 Å². The lowest BCUT2D eigenvalue weighted by molar-refractivity contribution is 0.272. The van der Waals surface area contributed by atoms with Crippen LogP contribution in [0.25, 0.3) is 10.9 Å². The molecule has 1 aromatic heterocycles. The van der Waals surface area contributed by atoms with Crippen LogP contribution in [-0.4, -0.2) is 23.1 Å². The molecular weight excluding hydrogens is 271 g/mol. The molecular formula is C12H12BrFN2. The van der Waals surface area contributed by atoms with E-state index in [9.17, 15) is 4.39 Å². The van der Waals surface area contributed by atoms with Gasteiger partial charge in [-0.05, 0) is 41.2 Å². The maximum atomic E-state index is 13.3. The molecule has 2 aromatic rings. The van der Waals surface area contributed by atoms with Gasteiger partial charge in [0, 0.05) is 35.2 Å². The van der Waals surface area contributed by atoms with Gasteiger partial charge in [0.2, 0.25) is 0 Å². The van der Waals surface area contributed by atoms with Gasteiger partial charge < -0.3 is 4.57 Å². The zero-order valence-corrected chi connectivity index (χ0v) is 10.6. The Hall–Kier alpha value is -0.870. The molecule has 0 amide bonds. The van der Waals surface area contributed by atoms with Crippen molar-refractivity contribution in [2.45, 2.75) is 13.1 Å². The van der Waals surface area contributed by atoms with Crippen LogP contribution in [0.1, 0.15) is 5.69 Å². The highest BCUT2D eigenvalue weighted by atomic mass is 79.9. The summed E-state index contributed by atoms with van der Waals surface area (Å²) < 4.78 is 16.6. The molecule has 2 heterocycles. The Kier molecular flexibility index (Phi) is 2.30. The normalized spacial score (nSPS) is 16.7.